The van der Waals surface area contributed by atoms with Crippen LogP contribution in [0.4, 0.5) is 4.39 Å². The van der Waals surface area contributed by atoms with E-state index in [0.717, 1.165) is 5.06 Å². The Kier molecular flexibility index (Phi) is 7.39. The van der Waals surface area contributed by atoms with Crippen LogP contribution in [0.1, 0.15) is 41.6 Å². The number of halogens is 5. The fraction of sp³-hybridized carbons (Fsp3) is 0.412. The van der Waals surface area contributed by atoms with Gasteiger partial charge >= 0.3 is 0 Å². The zero-order valence-corrected chi connectivity index (χ0v) is 18.1. The van der Waals surface area contributed by atoms with E-state index in [9.17, 15) is 9.18 Å². The van der Waals surface area contributed by atoms with E-state index < -0.39 is 18.1 Å². The van der Waals surface area contributed by atoms with Crippen molar-refractivity contribution in [2.75, 3.05) is 7.11 Å². The molecule has 2 aromatic rings. The third-order valence-corrected chi connectivity index (χ3v) is 5.32. The van der Waals surface area contributed by atoms with Gasteiger partial charge in [0.2, 0.25) is 0 Å². The summed E-state index contributed by atoms with van der Waals surface area (Å²) < 4.78 is 15.2. The molecule has 0 saturated carbocycles. The molecular formula is C17H18Cl4FN3O2. The van der Waals surface area contributed by atoms with Crippen LogP contribution < -0.4 is 0 Å². The summed E-state index contributed by atoms with van der Waals surface area (Å²) in [7, 11) is 2.86. The van der Waals surface area contributed by atoms with Crippen molar-refractivity contribution < 1.29 is 14.0 Å². The van der Waals surface area contributed by atoms with Gasteiger partial charge in [0.05, 0.1) is 13.2 Å². The number of alkyl halides is 1. The molecule has 5 nitrogen and oxygen atoms in total. The third kappa shape index (κ3) is 4.69. The molecule has 2 unspecified atom stereocenters. The Morgan fingerprint density at radius 3 is 2.30 bits per heavy atom. The minimum atomic E-state index is -1.48. The maximum Gasteiger partial charge on any atom is 0.282 e. The van der Waals surface area contributed by atoms with Gasteiger partial charge < -0.3 is 0 Å². The fourth-order valence-corrected chi connectivity index (χ4v) is 3.90. The average molecular weight is 457 g/mol. The predicted molar refractivity (Wildman–Crippen MR) is 106 cm³/mol. The Bertz CT molecular complexity index is 834. The number of amides is 1. The Labute approximate surface area is 176 Å². The van der Waals surface area contributed by atoms with Gasteiger partial charge in [-0.05, 0) is 38.0 Å². The molecule has 2 atom stereocenters. The standard InChI is InChI=1S/C17H18Cl4FN3O2/c1-8(5-11-12(19)6-10(18)7-13(11)20)25(27-4)17(26)14-15(9(2)22)23-24(3)16(14)21/h6-9H,5H2,1-4H3. The van der Waals surface area contributed by atoms with Gasteiger partial charge in [-0.3, -0.25) is 14.3 Å². The molecule has 0 aliphatic rings. The van der Waals surface area contributed by atoms with Gasteiger partial charge in [-0.25, -0.2) is 9.45 Å². The lowest BCUT2D eigenvalue weighted by Crippen LogP contribution is -2.39. The molecule has 0 saturated heterocycles. The van der Waals surface area contributed by atoms with E-state index in [-0.39, 0.29) is 22.8 Å². The van der Waals surface area contributed by atoms with Crippen molar-refractivity contribution in [2.24, 2.45) is 7.05 Å². The van der Waals surface area contributed by atoms with E-state index in [1.807, 2.05) is 0 Å². The topological polar surface area (TPSA) is 47.4 Å². The molecule has 0 spiro atoms. The Morgan fingerprint density at radius 1 is 1.26 bits per heavy atom. The number of aromatic nitrogens is 2. The zero-order valence-electron chi connectivity index (χ0n) is 15.1. The third-order valence-electron chi connectivity index (χ3n) is 4.00. The number of benzene rings is 1. The highest BCUT2D eigenvalue weighted by Gasteiger charge is 2.32. The first-order valence-corrected chi connectivity index (χ1v) is 9.47. The van der Waals surface area contributed by atoms with Crippen LogP contribution in [0.2, 0.25) is 20.2 Å². The highest BCUT2D eigenvalue weighted by Crippen LogP contribution is 2.32. The lowest BCUT2D eigenvalue weighted by molar-refractivity contribution is -0.119. The molecule has 0 N–H and O–H groups in total. The summed E-state index contributed by atoms with van der Waals surface area (Å²) in [6, 6.07) is 2.64. The highest BCUT2D eigenvalue weighted by atomic mass is 35.5. The SMILES string of the molecule is CON(C(=O)c1c(C(C)F)nn(C)c1Cl)C(C)Cc1c(Cl)cc(Cl)cc1Cl. The maximum absolute atomic E-state index is 13.9. The minimum Gasteiger partial charge on any atom is -0.274 e. The molecule has 1 amide bonds. The Morgan fingerprint density at radius 2 is 1.81 bits per heavy atom. The summed E-state index contributed by atoms with van der Waals surface area (Å²) >= 11 is 24.5. The van der Waals surface area contributed by atoms with Crippen LogP contribution in [0.3, 0.4) is 0 Å². The van der Waals surface area contributed by atoms with Crippen LogP contribution in [-0.4, -0.2) is 33.9 Å². The van der Waals surface area contributed by atoms with Crippen LogP contribution in [0.15, 0.2) is 12.1 Å². The fourth-order valence-electron chi connectivity index (χ4n) is 2.72. The molecule has 1 aromatic heterocycles. The van der Waals surface area contributed by atoms with Crippen LogP contribution in [0, 0.1) is 0 Å². The molecular weight excluding hydrogens is 439 g/mol. The largest absolute Gasteiger partial charge is 0.282 e. The minimum absolute atomic E-state index is 0.0244. The first kappa shape index (κ1) is 22.2. The van der Waals surface area contributed by atoms with Gasteiger partial charge in [0, 0.05) is 22.1 Å². The number of hydrogen-bond acceptors (Lipinski definition) is 3. The van der Waals surface area contributed by atoms with Crippen molar-refractivity contribution in [3.8, 4) is 0 Å². The quantitative estimate of drug-likeness (QED) is 0.523. The smallest absolute Gasteiger partial charge is 0.274 e. The van der Waals surface area contributed by atoms with E-state index in [1.165, 1.54) is 25.8 Å². The molecule has 0 aliphatic heterocycles. The second kappa shape index (κ2) is 8.97. The van der Waals surface area contributed by atoms with Crippen LogP contribution in [0.5, 0.6) is 0 Å². The van der Waals surface area contributed by atoms with Gasteiger partial charge in [0.15, 0.2) is 0 Å². The van der Waals surface area contributed by atoms with Crippen LogP contribution in [0.25, 0.3) is 0 Å². The average Bonchev–Trinajstić information content (AvgIpc) is 2.87. The van der Waals surface area contributed by atoms with Crippen molar-refractivity contribution >= 4 is 52.3 Å². The molecule has 1 aromatic carbocycles. The number of hydroxylamine groups is 2. The van der Waals surface area contributed by atoms with E-state index in [2.05, 4.69) is 5.10 Å². The second-order valence-corrected chi connectivity index (χ2v) is 7.61. The van der Waals surface area contributed by atoms with Crippen LogP contribution in [-0.2, 0) is 18.3 Å². The molecule has 10 heteroatoms. The van der Waals surface area contributed by atoms with Gasteiger partial charge in [0.25, 0.3) is 5.91 Å². The number of carbonyl (C=O) groups excluding carboxylic acids is 1. The molecule has 0 fully saturated rings. The number of hydrogen-bond donors (Lipinski definition) is 0. The van der Waals surface area contributed by atoms with Crippen molar-refractivity contribution in [3.63, 3.8) is 0 Å². The number of rotatable bonds is 6. The molecule has 27 heavy (non-hydrogen) atoms. The molecule has 1 heterocycles. The number of aryl methyl sites for hydroxylation is 1. The maximum atomic E-state index is 13.9. The summed E-state index contributed by atoms with van der Waals surface area (Å²) in [5.74, 6) is -0.608. The van der Waals surface area contributed by atoms with Gasteiger partial charge in [-0.15, -0.1) is 0 Å². The summed E-state index contributed by atoms with van der Waals surface area (Å²) in [5.41, 5.74) is 0.516. The normalized spacial score (nSPS) is 13.5. The molecule has 148 valence electrons. The monoisotopic (exact) mass is 455 g/mol. The Balaban J connectivity index is 2.36. The second-order valence-electron chi connectivity index (χ2n) is 6.01. The highest BCUT2D eigenvalue weighted by molar-refractivity contribution is 6.39. The molecule has 0 radical (unpaired) electrons. The number of nitrogens with zero attached hydrogens (tertiary/aromatic N) is 3. The Hall–Kier alpha value is -1.05. The van der Waals surface area contributed by atoms with Crippen molar-refractivity contribution in [2.45, 2.75) is 32.5 Å². The summed E-state index contributed by atoms with van der Waals surface area (Å²) in [6.45, 7) is 3.02. The summed E-state index contributed by atoms with van der Waals surface area (Å²) in [4.78, 5) is 18.3. The predicted octanol–water partition coefficient (Wildman–Crippen LogP) is 5.70. The number of carbonyl (C=O) groups is 1. The van der Waals surface area contributed by atoms with E-state index >= 15 is 0 Å². The summed E-state index contributed by atoms with van der Waals surface area (Å²) in [5, 5.41) is 6.25. The molecule has 0 aliphatic carbocycles. The lowest BCUT2D eigenvalue weighted by atomic mass is 10.1. The molecule has 2 rings (SSSR count). The summed E-state index contributed by atoms with van der Waals surface area (Å²) in [6.07, 6.45) is -1.19. The van der Waals surface area contributed by atoms with E-state index in [1.54, 1.807) is 19.1 Å². The first-order valence-electron chi connectivity index (χ1n) is 7.96. The first-order chi connectivity index (χ1) is 12.6. The van der Waals surface area contributed by atoms with Crippen LogP contribution >= 0.6 is 46.4 Å². The molecule has 0 bridgehead atoms. The van der Waals surface area contributed by atoms with Crippen molar-refractivity contribution in [3.05, 3.63) is 49.2 Å². The van der Waals surface area contributed by atoms with Gasteiger partial charge in [-0.1, -0.05) is 46.4 Å². The van der Waals surface area contributed by atoms with E-state index in [0.29, 0.717) is 20.6 Å². The van der Waals surface area contributed by atoms with Crippen molar-refractivity contribution in [1.29, 1.82) is 0 Å². The lowest BCUT2D eigenvalue weighted by Gasteiger charge is -2.27. The zero-order chi connectivity index (χ0) is 20.5. The van der Waals surface area contributed by atoms with E-state index in [4.69, 9.17) is 51.2 Å². The van der Waals surface area contributed by atoms with Gasteiger partial charge in [0.1, 0.15) is 22.6 Å². The van der Waals surface area contributed by atoms with Gasteiger partial charge in [-0.2, -0.15) is 5.10 Å². The van der Waals surface area contributed by atoms with Crippen molar-refractivity contribution in [1.82, 2.24) is 14.8 Å².